The lowest BCUT2D eigenvalue weighted by Crippen LogP contribution is -2.37. The van der Waals surface area contributed by atoms with Crippen LogP contribution in [0.3, 0.4) is 0 Å². The second-order valence-electron chi connectivity index (χ2n) is 15.8. The van der Waals surface area contributed by atoms with E-state index in [9.17, 15) is 0 Å². The van der Waals surface area contributed by atoms with E-state index in [0.29, 0.717) is 17.5 Å². The number of benzene rings is 6. The molecule has 0 amide bonds. The molecule has 0 saturated heterocycles. The molecule has 0 atom stereocenters. The minimum absolute atomic E-state index is 0.0992. The topological polar surface area (TPSA) is 41.9 Å². The van der Waals surface area contributed by atoms with Gasteiger partial charge in [0.15, 0.2) is 17.5 Å². The summed E-state index contributed by atoms with van der Waals surface area (Å²) in [6.45, 7) is 14.1. The van der Waals surface area contributed by atoms with Gasteiger partial charge in [-0.1, -0.05) is 157 Å². The van der Waals surface area contributed by atoms with Gasteiger partial charge in [-0.3, -0.25) is 0 Å². The van der Waals surface area contributed by atoms with Crippen molar-refractivity contribution in [2.24, 2.45) is 0 Å². The van der Waals surface area contributed by atoms with Crippen molar-refractivity contribution in [2.75, 3.05) is 4.90 Å². The largest absolute Gasteiger partial charge is 0.310 e. The lowest BCUT2D eigenvalue weighted by molar-refractivity contribution is 0.521. The standard InChI is InChI=1S/C48H42N4/c1-46(2)36-28-26-34(52-41-23-15-13-21-37(41)48(5,6)38-22-14-16-24-42(38)52)30-40(36)47(3,4)35-27-25-33(29-39(35)46)45-50-43(31-17-9-7-10-18-31)49-44(51-45)32-19-11-8-12-20-32/h7-30H,1-6H3. The zero-order valence-corrected chi connectivity index (χ0v) is 30.6. The maximum atomic E-state index is 5.06. The van der Waals surface area contributed by atoms with E-state index in [0.717, 1.165) is 16.7 Å². The van der Waals surface area contributed by atoms with Crippen LogP contribution < -0.4 is 4.90 Å². The first-order chi connectivity index (χ1) is 25.0. The number of hydrogen-bond donors (Lipinski definition) is 0. The predicted octanol–water partition coefficient (Wildman–Crippen LogP) is 11.9. The molecule has 1 aliphatic carbocycles. The SMILES string of the molecule is CC1(C)c2ccccc2N(c2ccc3c(c2)C(C)(C)c2ccc(-c4nc(-c5ccccc5)nc(-c5ccccc5)n4)cc2C3(C)C)c2ccccc21. The van der Waals surface area contributed by atoms with E-state index in [-0.39, 0.29) is 16.2 Å². The normalized spacial score (nSPS) is 15.9. The summed E-state index contributed by atoms with van der Waals surface area (Å²) in [4.78, 5) is 17.5. The minimum atomic E-state index is -0.258. The van der Waals surface area contributed by atoms with Crippen LogP contribution >= 0.6 is 0 Å². The maximum absolute atomic E-state index is 5.06. The van der Waals surface area contributed by atoms with Crippen LogP contribution in [0.1, 0.15) is 74.9 Å². The Balaban J connectivity index is 1.18. The molecule has 0 fully saturated rings. The molecule has 0 radical (unpaired) electrons. The molecule has 7 aromatic rings. The fourth-order valence-electron chi connectivity index (χ4n) is 8.65. The lowest BCUT2D eigenvalue weighted by atomic mass is 9.59. The van der Waals surface area contributed by atoms with Crippen LogP contribution in [0, 0.1) is 0 Å². The molecule has 0 N–H and O–H groups in total. The number of anilines is 3. The first kappa shape index (κ1) is 32.1. The summed E-state index contributed by atoms with van der Waals surface area (Å²) >= 11 is 0. The van der Waals surface area contributed by atoms with Gasteiger partial charge in [0.25, 0.3) is 0 Å². The number of aromatic nitrogens is 3. The van der Waals surface area contributed by atoms with E-state index in [1.807, 2.05) is 36.4 Å². The molecule has 4 heteroatoms. The molecule has 2 aliphatic rings. The van der Waals surface area contributed by atoms with Gasteiger partial charge in [0.2, 0.25) is 0 Å². The highest BCUT2D eigenvalue weighted by molar-refractivity contribution is 5.86. The maximum Gasteiger partial charge on any atom is 0.164 e. The third-order valence-corrected chi connectivity index (χ3v) is 11.6. The molecule has 0 spiro atoms. The Labute approximate surface area is 306 Å². The van der Waals surface area contributed by atoms with Crippen molar-refractivity contribution in [2.45, 2.75) is 57.8 Å². The van der Waals surface area contributed by atoms with Gasteiger partial charge in [0, 0.05) is 38.6 Å². The van der Waals surface area contributed by atoms with Crippen molar-refractivity contribution in [1.29, 1.82) is 0 Å². The molecule has 0 bridgehead atoms. The molecular formula is C48H42N4. The number of rotatable bonds is 4. The quantitative estimate of drug-likeness (QED) is 0.186. The third kappa shape index (κ3) is 4.85. The van der Waals surface area contributed by atoms with Gasteiger partial charge in [-0.05, 0) is 63.7 Å². The van der Waals surface area contributed by atoms with E-state index in [4.69, 9.17) is 15.0 Å². The predicted molar refractivity (Wildman–Crippen MR) is 214 cm³/mol. The molecule has 2 heterocycles. The Kier molecular flexibility index (Phi) is 7.14. The summed E-state index contributed by atoms with van der Waals surface area (Å²) in [6, 6.07) is 52.1. The average molecular weight is 675 g/mol. The summed E-state index contributed by atoms with van der Waals surface area (Å²) in [5.74, 6) is 2.02. The first-order valence-corrected chi connectivity index (χ1v) is 18.2. The molecule has 254 valence electrons. The Hall–Kier alpha value is -5.87. The van der Waals surface area contributed by atoms with E-state index in [1.165, 1.54) is 50.4 Å². The van der Waals surface area contributed by atoms with Crippen LogP contribution in [0.25, 0.3) is 34.2 Å². The van der Waals surface area contributed by atoms with Crippen LogP contribution in [0.4, 0.5) is 17.1 Å². The van der Waals surface area contributed by atoms with Crippen molar-refractivity contribution >= 4 is 17.1 Å². The van der Waals surface area contributed by atoms with Gasteiger partial charge in [-0.2, -0.15) is 0 Å². The highest BCUT2D eigenvalue weighted by Gasteiger charge is 2.43. The van der Waals surface area contributed by atoms with Crippen molar-refractivity contribution in [3.8, 4) is 34.2 Å². The summed E-state index contributed by atoms with van der Waals surface area (Å²) in [5.41, 5.74) is 14.0. The Morgan fingerprint density at radius 1 is 0.346 bits per heavy atom. The van der Waals surface area contributed by atoms with E-state index < -0.39 is 0 Å². The van der Waals surface area contributed by atoms with Crippen molar-refractivity contribution < 1.29 is 0 Å². The molecule has 6 aromatic carbocycles. The first-order valence-electron chi connectivity index (χ1n) is 18.2. The monoisotopic (exact) mass is 674 g/mol. The molecule has 1 aliphatic heterocycles. The Morgan fingerprint density at radius 2 is 0.750 bits per heavy atom. The summed E-state index contributed by atoms with van der Waals surface area (Å²) in [6.07, 6.45) is 0. The van der Waals surface area contributed by atoms with Gasteiger partial charge >= 0.3 is 0 Å². The van der Waals surface area contributed by atoms with Crippen LogP contribution in [0.15, 0.2) is 146 Å². The van der Waals surface area contributed by atoms with Crippen LogP contribution in [-0.4, -0.2) is 15.0 Å². The zero-order chi connectivity index (χ0) is 35.8. The van der Waals surface area contributed by atoms with Crippen LogP contribution in [0.5, 0.6) is 0 Å². The van der Waals surface area contributed by atoms with Crippen LogP contribution in [0.2, 0.25) is 0 Å². The molecule has 52 heavy (non-hydrogen) atoms. The Bertz CT molecular complexity index is 2390. The summed E-state index contributed by atoms with van der Waals surface area (Å²) in [7, 11) is 0. The number of fused-ring (bicyclic) bond motifs is 4. The highest BCUT2D eigenvalue weighted by Crippen LogP contribution is 2.55. The van der Waals surface area contributed by atoms with Gasteiger partial charge < -0.3 is 4.90 Å². The Morgan fingerprint density at radius 3 is 1.27 bits per heavy atom. The fourth-order valence-corrected chi connectivity index (χ4v) is 8.65. The molecule has 4 nitrogen and oxygen atoms in total. The number of hydrogen-bond acceptors (Lipinski definition) is 4. The summed E-state index contributed by atoms with van der Waals surface area (Å²) < 4.78 is 0. The number of para-hydroxylation sites is 2. The van der Waals surface area contributed by atoms with Gasteiger partial charge in [-0.25, -0.2) is 15.0 Å². The van der Waals surface area contributed by atoms with Crippen molar-refractivity contribution in [3.05, 3.63) is 179 Å². The zero-order valence-electron chi connectivity index (χ0n) is 30.6. The average Bonchev–Trinajstić information content (AvgIpc) is 3.18. The lowest BCUT2D eigenvalue weighted by Gasteiger charge is -2.45. The van der Waals surface area contributed by atoms with Gasteiger partial charge in [0.05, 0.1) is 11.4 Å². The van der Waals surface area contributed by atoms with Crippen molar-refractivity contribution in [1.82, 2.24) is 15.0 Å². The smallest absolute Gasteiger partial charge is 0.164 e. The molecule has 9 rings (SSSR count). The molecular weight excluding hydrogens is 633 g/mol. The second-order valence-corrected chi connectivity index (χ2v) is 15.8. The molecule has 0 unspecified atom stereocenters. The van der Waals surface area contributed by atoms with Gasteiger partial charge in [-0.15, -0.1) is 0 Å². The highest BCUT2D eigenvalue weighted by atomic mass is 15.2. The second kappa shape index (κ2) is 11.6. The summed E-state index contributed by atoms with van der Waals surface area (Å²) in [5, 5.41) is 0. The van der Waals surface area contributed by atoms with E-state index in [1.54, 1.807) is 0 Å². The van der Waals surface area contributed by atoms with Crippen molar-refractivity contribution in [3.63, 3.8) is 0 Å². The number of nitrogens with zero attached hydrogens (tertiary/aromatic N) is 4. The van der Waals surface area contributed by atoms with Crippen LogP contribution in [-0.2, 0) is 16.2 Å². The minimum Gasteiger partial charge on any atom is -0.310 e. The van der Waals surface area contributed by atoms with E-state index in [2.05, 4.69) is 156 Å². The molecule has 1 aromatic heterocycles. The van der Waals surface area contributed by atoms with Gasteiger partial charge in [0.1, 0.15) is 0 Å². The van der Waals surface area contributed by atoms with E-state index >= 15 is 0 Å². The third-order valence-electron chi connectivity index (χ3n) is 11.6. The fraction of sp³-hybridized carbons (Fsp3) is 0.188. The molecule has 0 saturated carbocycles.